The predicted molar refractivity (Wildman–Crippen MR) is 65.8 cm³/mol. The summed E-state index contributed by atoms with van der Waals surface area (Å²) in [5, 5.41) is 2.70. The second-order valence-corrected chi connectivity index (χ2v) is 4.85. The molecule has 2 aromatic rings. The normalized spacial score (nSPS) is 12.5. The summed E-state index contributed by atoms with van der Waals surface area (Å²) >= 11 is 0. The number of hydrogen-bond donors (Lipinski definition) is 3. The number of anilines is 1. The van der Waals surface area contributed by atoms with Crippen LogP contribution in [0.5, 0.6) is 0 Å². The van der Waals surface area contributed by atoms with Crippen LogP contribution in [-0.4, -0.2) is 32.9 Å². The van der Waals surface area contributed by atoms with Gasteiger partial charge in [-0.15, -0.1) is 0 Å². The molecule has 90 valence electrons. The molecule has 0 bridgehead atoms. The van der Waals surface area contributed by atoms with Crippen LogP contribution in [0.1, 0.15) is 0 Å². The molecule has 7 heteroatoms. The number of aromatic nitrogens is 2. The Morgan fingerprint density at radius 1 is 1.59 bits per heavy atom. The topological polar surface area (TPSA) is 101 Å². The van der Waals surface area contributed by atoms with Crippen LogP contribution in [0.25, 0.3) is 11.0 Å². The first-order valence-electron chi connectivity index (χ1n) is 4.94. The van der Waals surface area contributed by atoms with Gasteiger partial charge in [0.1, 0.15) is 5.75 Å². The third-order valence-electron chi connectivity index (χ3n) is 2.24. The fourth-order valence-electron chi connectivity index (χ4n) is 1.37. The number of rotatable bonds is 3. The van der Waals surface area contributed by atoms with Crippen molar-refractivity contribution in [2.75, 3.05) is 18.5 Å². The van der Waals surface area contributed by atoms with E-state index in [2.05, 4.69) is 15.3 Å². The zero-order valence-corrected chi connectivity index (χ0v) is 10.0. The van der Waals surface area contributed by atoms with Crippen molar-refractivity contribution in [3.63, 3.8) is 0 Å². The van der Waals surface area contributed by atoms with Gasteiger partial charge in [0.05, 0.1) is 21.8 Å². The third-order valence-corrected chi connectivity index (χ3v) is 3.39. The van der Waals surface area contributed by atoms with Crippen molar-refractivity contribution in [2.24, 2.45) is 0 Å². The Labute approximate surface area is 100 Å². The Balaban J connectivity index is 2.30. The molecular formula is C10H12N4O2S. The molecule has 0 spiro atoms. The molecule has 0 saturated carbocycles. The molecule has 0 fully saturated rings. The van der Waals surface area contributed by atoms with Crippen LogP contribution in [0, 0.1) is 0 Å². The van der Waals surface area contributed by atoms with Gasteiger partial charge in [0.2, 0.25) is 5.91 Å². The maximum absolute atomic E-state index is 11.8. The second-order valence-electron chi connectivity index (χ2n) is 3.48. The monoisotopic (exact) mass is 252 g/mol. The van der Waals surface area contributed by atoms with Crippen LogP contribution in [0.4, 0.5) is 5.69 Å². The van der Waals surface area contributed by atoms with E-state index in [4.69, 9.17) is 5.73 Å². The molecular weight excluding hydrogens is 240 g/mol. The summed E-state index contributed by atoms with van der Waals surface area (Å²) in [5.41, 5.74) is 7.62. The first-order chi connectivity index (χ1) is 8.10. The maximum Gasteiger partial charge on any atom is 0.232 e. The molecule has 1 aromatic heterocycles. The minimum absolute atomic E-state index is 0.105. The third kappa shape index (κ3) is 2.44. The number of aromatic amines is 1. The molecule has 6 nitrogen and oxygen atoms in total. The molecule has 0 aliphatic heterocycles. The van der Waals surface area contributed by atoms with Gasteiger partial charge in [-0.1, -0.05) is 0 Å². The van der Waals surface area contributed by atoms with Gasteiger partial charge >= 0.3 is 0 Å². The van der Waals surface area contributed by atoms with E-state index in [1.807, 2.05) is 0 Å². The molecule has 1 amide bonds. The molecule has 1 atom stereocenters. The largest absolute Gasteiger partial charge is 0.399 e. The molecule has 1 unspecified atom stereocenters. The van der Waals surface area contributed by atoms with Gasteiger partial charge in [-0.05, 0) is 18.2 Å². The summed E-state index contributed by atoms with van der Waals surface area (Å²) in [7, 11) is 0.0267. The van der Waals surface area contributed by atoms with Crippen LogP contribution in [0.3, 0.4) is 0 Å². The molecule has 0 radical (unpaired) electrons. The highest BCUT2D eigenvalue weighted by atomic mass is 32.2. The van der Waals surface area contributed by atoms with E-state index in [1.54, 1.807) is 18.2 Å². The summed E-state index contributed by atoms with van der Waals surface area (Å²) in [6.07, 6.45) is 0. The minimum Gasteiger partial charge on any atom is -0.399 e. The van der Waals surface area contributed by atoms with Crippen LogP contribution in [-0.2, 0) is 15.6 Å². The highest BCUT2D eigenvalue weighted by Gasteiger charge is 2.13. The van der Waals surface area contributed by atoms with E-state index in [0.717, 1.165) is 0 Å². The molecule has 0 aliphatic carbocycles. The average Bonchev–Trinajstić information content (AvgIpc) is 2.71. The first kappa shape index (κ1) is 11.6. The summed E-state index contributed by atoms with van der Waals surface area (Å²) in [5.74, 6) is -0.394. The number of carbonyl (C=O) groups excluding carboxylic acids is 1. The summed E-state index contributed by atoms with van der Waals surface area (Å²) < 4.78 is 11.8. The van der Waals surface area contributed by atoms with Crippen LogP contribution >= 0.6 is 0 Å². The van der Waals surface area contributed by atoms with Gasteiger partial charge in [0, 0.05) is 12.7 Å². The Bertz CT molecular complexity index is 593. The van der Waals surface area contributed by atoms with Gasteiger partial charge in [-0.2, -0.15) is 0 Å². The molecule has 17 heavy (non-hydrogen) atoms. The van der Waals surface area contributed by atoms with Crippen LogP contribution < -0.4 is 11.1 Å². The number of nitrogens with zero attached hydrogens (tertiary/aromatic N) is 1. The fourth-order valence-corrected chi connectivity index (χ4v) is 2.31. The number of imidazole rings is 1. The van der Waals surface area contributed by atoms with Gasteiger partial charge in [0.25, 0.3) is 0 Å². The molecule has 0 saturated heterocycles. The number of H-pyrrole nitrogens is 1. The summed E-state index contributed by atoms with van der Waals surface area (Å²) in [6, 6.07) is 5.17. The van der Waals surface area contributed by atoms with Crippen molar-refractivity contribution in [2.45, 2.75) is 5.16 Å². The summed E-state index contributed by atoms with van der Waals surface area (Å²) in [6.45, 7) is 0. The SMILES string of the molecule is CNC(=O)CS(=O)c1nc2ccc(N)cc2[nH]1. The van der Waals surface area contributed by atoms with Gasteiger partial charge in [-0.3, -0.25) is 9.00 Å². The number of amides is 1. The van der Waals surface area contributed by atoms with Crippen molar-refractivity contribution in [1.82, 2.24) is 15.3 Å². The van der Waals surface area contributed by atoms with Crippen LogP contribution in [0.15, 0.2) is 23.4 Å². The molecule has 2 rings (SSSR count). The highest BCUT2D eigenvalue weighted by Crippen LogP contribution is 2.16. The van der Waals surface area contributed by atoms with Gasteiger partial charge in [-0.25, -0.2) is 4.98 Å². The number of fused-ring (bicyclic) bond motifs is 1. The Morgan fingerprint density at radius 3 is 3.06 bits per heavy atom. The van der Waals surface area contributed by atoms with E-state index in [9.17, 15) is 9.00 Å². The first-order valence-corrected chi connectivity index (χ1v) is 6.26. The van der Waals surface area contributed by atoms with Gasteiger partial charge in [0.15, 0.2) is 5.16 Å². The molecule has 0 aliphatic rings. The lowest BCUT2D eigenvalue weighted by atomic mass is 10.3. The van der Waals surface area contributed by atoms with E-state index < -0.39 is 10.8 Å². The minimum atomic E-state index is -1.47. The van der Waals surface area contributed by atoms with Crippen molar-refractivity contribution in [3.05, 3.63) is 18.2 Å². The van der Waals surface area contributed by atoms with Crippen LogP contribution in [0.2, 0.25) is 0 Å². The predicted octanol–water partition coefficient (Wildman–Crippen LogP) is -0.00130. The lowest BCUT2D eigenvalue weighted by molar-refractivity contribution is -0.118. The van der Waals surface area contributed by atoms with Gasteiger partial charge < -0.3 is 16.0 Å². The zero-order chi connectivity index (χ0) is 12.4. The fraction of sp³-hybridized carbons (Fsp3) is 0.200. The molecule has 4 N–H and O–H groups in total. The van der Waals surface area contributed by atoms with E-state index in [0.29, 0.717) is 16.7 Å². The number of nitrogens with two attached hydrogens (primary N) is 1. The Morgan fingerprint density at radius 2 is 2.35 bits per heavy atom. The lowest BCUT2D eigenvalue weighted by Crippen LogP contribution is -2.24. The number of carbonyl (C=O) groups is 1. The van der Waals surface area contributed by atoms with Crippen molar-refractivity contribution in [1.29, 1.82) is 0 Å². The number of nitrogen functional groups attached to an aromatic ring is 1. The Kier molecular flexibility index (Phi) is 3.10. The molecule has 1 heterocycles. The lowest BCUT2D eigenvalue weighted by Gasteiger charge is -1.96. The van der Waals surface area contributed by atoms with Crippen molar-refractivity contribution in [3.8, 4) is 0 Å². The number of hydrogen-bond acceptors (Lipinski definition) is 4. The average molecular weight is 252 g/mol. The standard InChI is InChI=1S/C10H12N4O2S/c1-12-9(15)5-17(16)10-13-7-3-2-6(11)4-8(7)14-10/h2-4H,5,11H2,1H3,(H,12,15)(H,13,14). The summed E-state index contributed by atoms with van der Waals surface area (Å²) in [4.78, 5) is 18.1. The maximum atomic E-state index is 11.8. The Hall–Kier alpha value is -1.89. The van der Waals surface area contributed by atoms with E-state index in [-0.39, 0.29) is 16.8 Å². The smallest absolute Gasteiger partial charge is 0.232 e. The van der Waals surface area contributed by atoms with Crippen molar-refractivity contribution >= 4 is 33.4 Å². The molecule has 1 aromatic carbocycles. The zero-order valence-electron chi connectivity index (χ0n) is 9.19. The second kappa shape index (κ2) is 4.54. The number of benzene rings is 1. The number of nitrogens with one attached hydrogen (secondary N) is 2. The van der Waals surface area contributed by atoms with Crippen molar-refractivity contribution < 1.29 is 9.00 Å². The van der Waals surface area contributed by atoms with E-state index in [1.165, 1.54) is 7.05 Å². The quantitative estimate of drug-likeness (QED) is 0.669. The van der Waals surface area contributed by atoms with E-state index >= 15 is 0 Å². The highest BCUT2D eigenvalue weighted by molar-refractivity contribution is 7.85.